The Balaban J connectivity index is 2.00. The molecule has 6 heteroatoms. The molecule has 0 saturated carbocycles. The molecule has 1 aromatic carbocycles. The maximum Gasteiger partial charge on any atom is 0.179 e. The van der Waals surface area contributed by atoms with Crippen LogP contribution >= 0.6 is 0 Å². The predicted molar refractivity (Wildman–Crippen MR) is 79.6 cm³/mol. The normalized spacial score (nSPS) is 25.7. The number of nitrogens with zero attached hydrogens (tertiary/aromatic N) is 1. The molecule has 0 amide bonds. The van der Waals surface area contributed by atoms with Gasteiger partial charge in [0.05, 0.1) is 28.4 Å². The summed E-state index contributed by atoms with van der Waals surface area (Å²) in [6.45, 7) is 5.10. The molecule has 1 saturated heterocycles. The highest BCUT2D eigenvalue weighted by molar-refractivity contribution is 7.91. The third-order valence-electron chi connectivity index (χ3n) is 4.11. The Morgan fingerprint density at radius 2 is 2.29 bits per heavy atom. The number of nitriles is 1. The number of nitrogens with one attached hydrogen (secondary N) is 1. The zero-order valence-electron chi connectivity index (χ0n) is 12.3. The Bertz CT molecular complexity index is 651. The fourth-order valence-corrected chi connectivity index (χ4v) is 3.61. The third-order valence-corrected chi connectivity index (χ3v) is 5.82. The average Bonchev–Trinajstić information content (AvgIpc) is 2.78. The molecule has 0 radical (unpaired) electrons. The number of ether oxygens (including phenoxy) is 1. The van der Waals surface area contributed by atoms with Gasteiger partial charge in [0.25, 0.3) is 0 Å². The van der Waals surface area contributed by atoms with Crippen LogP contribution in [-0.4, -0.2) is 39.0 Å². The van der Waals surface area contributed by atoms with Gasteiger partial charge >= 0.3 is 0 Å². The lowest BCUT2D eigenvalue weighted by atomic mass is 9.95. The summed E-state index contributed by atoms with van der Waals surface area (Å²) in [5.41, 5.74) is 0.179. The summed E-state index contributed by atoms with van der Waals surface area (Å²) in [5.74, 6) is 0.00416. The first-order chi connectivity index (χ1) is 9.87. The minimum absolute atomic E-state index is 0.00416. The molecule has 2 rings (SSSR count). The van der Waals surface area contributed by atoms with Gasteiger partial charge < -0.3 is 10.1 Å². The molecule has 114 valence electrons. The Morgan fingerprint density at radius 3 is 2.90 bits per heavy atom. The Labute approximate surface area is 125 Å². The molecule has 0 spiro atoms. The lowest BCUT2D eigenvalue weighted by molar-refractivity contribution is 0.0895. The maximum absolute atomic E-state index is 12.3. The molecule has 2 unspecified atom stereocenters. The lowest BCUT2D eigenvalue weighted by Gasteiger charge is -2.29. The third kappa shape index (κ3) is 3.62. The second-order valence-corrected chi connectivity index (χ2v) is 7.67. The summed E-state index contributed by atoms with van der Waals surface area (Å²) < 4.78 is 30.1. The first-order valence-electron chi connectivity index (χ1n) is 6.97. The fraction of sp³-hybridized carbons (Fsp3) is 0.533. The van der Waals surface area contributed by atoms with E-state index in [1.54, 1.807) is 12.1 Å². The summed E-state index contributed by atoms with van der Waals surface area (Å²) in [6.07, 6.45) is 0.945. The summed E-state index contributed by atoms with van der Waals surface area (Å²) in [5, 5.41) is 12.1. The molecular formula is C15H20N2O3S. The van der Waals surface area contributed by atoms with Crippen molar-refractivity contribution in [2.45, 2.75) is 36.8 Å². The number of sulfone groups is 1. The van der Waals surface area contributed by atoms with Crippen LogP contribution in [0.3, 0.4) is 0 Å². The molecule has 1 fully saturated rings. The van der Waals surface area contributed by atoms with Crippen molar-refractivity contribution in [2.24, 2.45) is 0 Å². The lowest BCUT2D eigenvalue weighted by Crippen LogP contribution is -2.49. The van der Waals surface area contributed by atoms with Gasteiger partial charge in [0.15, 0.2) is 9.84 Å². The number of benzene rings is 1. The molecule has 5 nitrogen and oxygen atoms in total. The van der Waals surface area contributed by atoms with Crippen LogP contribution in [0.5, 0.6) is 0 Å². The van der Waals surface area contributed by atoms with Gasteiger partial charge in [0.1, 0.15) is 0 Å². The van der Waals surface area contributed by atoms with Crippen LogP contribution < -0.4 is 5.32 Å². The van der Waals surface area contributed by atoms with Crippen LogP contribution in [0.2, 0.25) is 0 Å². The highest BCUT2D eigenvalue weighted by Crippen LogP contribution is 2.24. The highest BCUT2D eigenvalue weighted by Gasteiger charge is 2.36. The van der Waals surface area contributed by atoms with E-state index in [-0.39, 0.29) is 22.3 Å². The zero-order chi connectivity index (χ0) is 15.5. The molecule has 0 bridgehead atoms. The Kier molecular flexibility index (Phi) is 4.67. The van der Waals surface area contributed by atoms with Crippen LogP contribution in [0.1, 0.15) is 25.8 Å². The van der Waals surface area contributed by atoms with Crippen molar-refractivity contribution in [3.63, 3.8) is 0 Å². The van der Waals surface area contributed by atoms with Crippen molar-refractivity contribution in [2.75, 3.05) is 18.9 Å². The maximum atomic E-state index is 12.3. The van der Waals surface area contributed by atoms with E-state index in [9.17, 15) is 8.42 Å². The van der Waals surface area contributed by atoms with Crippen molar-refractivity contribution in [3.8, 4) is 6.07 Å². The smallest absolute Gasteiger partial charge is 0.179 e. The number of hydrogen-bond acceptors (Lipinski definition) is 5. The van der Waals surface area contributed by atoms with Crippen molar-refractivity contribution >= 4 is 9.84 Å². The zero-order valence-corrected chi connectivity index (χ0v) is 13.1. The summed E-state index contributed by atoms with van der Waals surface area (Å²) in [7, 11) is -3.38. The van der Waals surface area contributed by atoms with Gasteiger partial charge in [-0.3, -0.25) is 0 Å². The molecular weight excluding hydrogens is 288 g/mol. The second-order valence-electron chi connectivity index (χ2n) is 5.57. The van der Waals surface area contributed by atoms with Crippen molar-refractivity contribution in [1.29, 1.82) is 5.26 Å². The van der Waals surface area contributed by atoms with Gasteiger partial charge in [0.2, 0.25) is 0 Å². The molecule has 1 aliphatic heterocycles. The standard InChI is InChI=1S/C15H20N2O3S/c1-12-15(2,6-8-20-12)17-7-9-21(18,19)14-5-3-4-13(10-14)11-16/h3-5,10,12,17H,6-9H2,1-2H3. The van der Waals surface area contributed by atoms with Gasteiger partial charge in [-0.15, -0.1) is 0 Å². The van der Waals surface area contributed by atoms with Crippen LogP contribution in [-0.2, 0) is 14.6 Å². The molecule has 1 N–H and O–H groups in total. The van der Waals surface area contributed by atoms with E-state index >= 15 is 0 Å². The first-order valence-corrected chi connectivity index (χ1v) is 8.62. The molecule has 1 heterocycles. The van der Waals surface area contributed by atoms with Gasteiger partial charge in [-0.2, -0.15) is 5.26 Å². The molecule has 2 atom stereocenters. The predicted octanol–water partition coefficient (Wildman–Crippen LogP) is 1.49. The second kappa shape index (κ2) is 6.14. The fourth-order valence-electron chi connectivity index (χ4n) is 2.41. The van der Waals surface area contributed by atoms with Crippen LogP contribution in [0.25, 0.3) is 0 Å². The number of rotatable bonds is 5. The molecule has 0 aromatic heterocycles. The van der Waals surface area contributed by atoms with E-state index in [0.717, 1.165) is 6.42 Å². The van der Waals surface area contributed by atoms with E-state index in [4.69, 9.17) is 10.00 Å². The minimum atomic E-state index is -3.38. The van der Waals surface area contributed by atoms with E-state index in [1.165, 1.54) is 12.1 Å². The first kappa shape index (κ1) is 16.0. The SMILES string of the molecule is CC1OCCC1(C)NCCS(=O)(=O)c1cccc(C#N)c1. The van der Waals surface area contributed by atoms with Crippen molar-refractivity contribution in [1.82, 2.24) is 5.32 Å². The average molecular weight is 308 g/mol. The van der Waals surface area contributed by atoms with Crippen LogP contribution in [0, 0.1) is 11.3 Å². The van der Waals surface area contributed by atoms with Crippen molar-refractivity contribution < 1.29 is 13.2 Å². The summed E-state index contributed by atoms with van der Waals surface area (Å²) in [6, 6.07) is 8.08. The summed E-state index contributed by atoms with van der Waals surface area (Å²) in [4.78, 5) is 0.198. The van der Waals surface area contributed by atoms with Gasteiger partial charge in [-0.05, 0) is 38.5 Å². The van der Waals surface area contributed by atoms with Gasteiger partial charge in [-0.25, -0.2) is 8.42 Å². The van der Waals surface area contributed by atoms with Crippen molar-refractivity contribution in [3.05, 3.63) is 29.8 Å². The monoisotopic (exact) mass is 308 g/mol. The highest BCUT2D eigenvalue weighted by atomic mass is 32.2. The quantitative estimate of drug-likeness (QED) is 0.891. The summed E-state index contributed by atoms with van der Waals surface area (Å²) >= 11 is 0. The topological polar surface area (TPSA) is 79.2 Å². The van der Waals surface area contributed by atoms with E-state index in [1.807, 2.05) is 19.9 Å². The molecule has 1 aromatic rings. The molecule has 1 aliphatic rings. The van der Waals surface area contributed by atoms with Crippen LogP contribution in [0.4, 0.5) is 0 Å². The van der Waals surface area contributed by atoms with E-state index in [0.29, 0.717) is 18.7 Å². The van der Waals surface area contributed by atoms with E-state index < -0.39 is 9.84 Å². The molecule has 21 heavy (non-hydrogen) atoms. The minimum Gasteiger partial charge on any atom is -0.377 e. The number of hydrogen-bond donors (Lipinski definition) is 1. The molecule has 0 aliphatic carbocycles. The van der Waals surface area contributed by atoms with Gasteiger partial charge in [0, 0.05) is 18.7 Å². The Hall–Kier alpha value is -1.42. The van der Waals surface area contributed by atoms with Crippen LogP contribution in [0.15, 0.2) is 29.2 Å². The van der Waals surface area contributed by atoms with Gasteiger partial charge in [-0.1, -0.05) is 6.07 Å². The van der Waals surface area contributed by atoms with E-state index in [2.05, 4.69) is 5.32 Å². The largest absolute Gasteiger partial charge is 0.377 e. The Morgan fingerprint density at radius 1 is 1.52 bits per heavy atom.